The smallest absolute Gasteiger partial charge is 0.243 e. The summed E-state index contributed by atoms with van der Waals surface area (Å²) in [6.07, 6.45) is 15.9. The van der Waals surface area contributed by atoms with Crippen LogP contribution in [-0.4, -0.2) is 42.6 Å². The molecule has 1 saturated heterocycles. The van der Waals surface area contributed by atoms with Crippen molar-refractivity contribution in [3.8, 4) is 0 Å². The first-order valence-corrected chi connectivity index (χ1v) is 13.8. The minimum absolute atomic E-state index is 0.0530. The van der Waals surface area contributed by atoms with Gasteiger partial charge in [0.1, 0.15) is 12.3 Å². The van der Waals surface area contributed by atoms with E-state index >= 15 is 0 Å². The van der Waals surface area contributed by atoms with Gasteiger partial charge in [-0.15, -0.1) is 0 Å². The summed E-state index contributed by atoms with van der Waals surface area (Å²) in [7, 11) is 0. The molecule has 35 heavy (non-hydrogen) atoms. The topological polar surface area (TPSA) is 104 Å². The third-order valence-corrected chi connectivity index (χ3v) is 7.44. The van der Waals surface area contributed by atoms with Crippen LogP contribution in [0.2, 0.25) is 0 Å². The lowest BCUT2D eigenvalue weighted by molar-refractivity contribution is -0.133. The first kappa shape index (κ1) is 29.1. The summed E-state index contributed by atoms with van der Waals surface area (Å²) in [5.74, 6) is -0.375. The lowest BCUT2D eigenvalue weighted by Gasteiger charge is -2.29. The fraction of sp³-hybridized carbons (Fsp3) is 0.786. The van der Waals surface area contributed by atoms with Crippen LogP contribution in [0.15, 0.2) is 12.2 Å². The van der Waals surface area contributed by atoms with Crippen molar-refractivity contribution >= 4 is 24.0 Å². The van der Waals surface area contributed by atoms with Gasteiger partial charge in [0.15, 0.2) is 0 Å². The zero-order valence-electron chi connectivity index (χ0n) is 22.1. The fourth-order valence-corrected chi connectivity index (χ4v) is 5.33. The quantitative estimate of drug-likeness (QED) is 0.256. The standard InChI is InChI=1S/C28H47N3O4/c1-4-5-6-7-10-13-22-14-11-8-9-12-15-28(16-17-29-27(28)35)19-23(20-32)30-26(34)24(18-21(2)3)31-25(22)33/h9,12,20-24H,4-8,10-11,13-19H2,1-3H3,(H,29,35)(H,30,34)(H,31,33). The van der Waals surface area contributed by atoms with Gasteiger partial charge in [0.25, 0.3) is 0 Å². The second-order valence-corrected chi connectivity index (χ2v) is 10.9. The van der Waals surface area contributed by atoms with Gasteiger partial charge in [0, 0.05) is 12.5 Å². The molecule has 3 N–H and O–H groups in total. The van der Waals surface area contributed by atoms with Crippen molar-refractivity contribution < 1.29 is 19.2 Å². The summed E-state index contributed by atoms with van der Waals surface area (Å²) in [6.45, 7) is 6.80. The van der Waals surface area contributed by atoms with E-state index in [1.54, 1.807) is 0 Å². The number of carbonyl (C=O) groups is 4. The Balaban J connectivity index is 2.21. The molecule has 2 heterocycles. The average Bonchev–Trinajstić information content (AvgIpc) is 3.17. The van der Waals surface area contributed by atoms with E-state index in [4.69, 9.17) is 0 Å². The first-order valence-electron chi connectivity index (χ1n) is 13.8. The van der Waals surface area contributed by atoms with Crippen LogP contribution in [-0.2, 0) is 19.2 Å². The van der Waals surface area contributed by atoms with Gasteiger partial charge >= 0.3 is 0 Å². The molecule has 0 aromatic carbocycles. The predicted molar refractivity (Wildman–Crippen MR) is 139 cm³/mol. The molecule has 4 unspecified atom stereocenters. The summed E-state index contributed by atoms with van der Waals surface area (Å²) in [5, 5.41) is 8.76. The van der Waals surface area contributed by atoms with E-state index in [2.05, 4.69) is 29.0 Å². The molecule has 3 amide bonds. The maximum atomic E-state index is 13.3. The molecule has 2 aliphatic heterocycles. The third-order valence-electron chi connectivity index (χ3n) is 7.44. The maximum Gasteiger partial charge on any atom is 0.243 e. The SMILES string of the molecule is CCCCCCCC1CCCC=CCC2(CCNC2=O)CC(C=O)NC(=O)C(CC(C)C)NC1=O. The van der Waals surface area contributed by atoms with Crippen LogP contribution in [0.5, 0.6) is 0 Å². The van der Waals surface area contributed by atoms with Crippen molar-refractivity contribution in [1.82, 2.24) is 16.0 Å². The van der Waals surface area contributed by atoms with E-state index in [1.165, 1.54) is 19.3 Å². The molecule has 0 aromatic rings. The minimum atomic E-state index is -0.772. The summed E-state index contributed by atoms with van der Waals surface area (Å²) < 4.78 is 0. The highest BCUT2D eigenvalue weighted by atomic mass is 16.2. The molecule has 7 heteroatoms. The van der Waals surface area contributed by atoms with Crippen LogP contribution in [0.1, 0.15) is 104 Å². The Kier molecular flexibility index (Phi) is 12.5. The van der Waals surface area contributed by atoms with Gasteiger partial charge in [0.05, 0.1) is 11.5 Å². The number of nitrogens with one attached hydrogen (secondary N) is 3. The molecular formula is C28H47N3O4. The van der Waals surface area contributed by atoms with Gasteiger partial charge in [-0.2, -0.15) is 0 Å². The van der Waals surface area contributed by atoms with Crippen LogP contribution >= 0.6 is 0 Å². The predicted octanol–water partition coefficient (Wildman–Crippen LogP) is 4.20. The molecule has 0 aromatic heterocycles. The molecule has 198 valence electrons. The van der Waals surface area contributed by atoms with Crippen molar-refractivity contribution in [2.75, 3.05) is 6.54 Å². The zero-order valence-corrected chi connectivity index (χ0v) is 22.1. The number of unbranched alkanes of at least 4 members (excludes halogenated alkanes) is 4. The molecule has 2 rings (SSSR count). The molecule has 1 spiro atoms. The Morgan fingerprint density at radius 2 is 1.83 bits per heavy atom. The van der Waals surface area contributed by atoms with Crippen LogP contribution in [0.3, 0.4) is 0 Å². The molecule has 0 radical (unpaired) electrons. The number of aldehydes is 1. The van der Waals surface area contributed by atoms with Gasteiger partial charge in [-0.05, 0) is 57.3 Å². The zero-order chi connectivity index (χ0) is 25.7. The summed E-state index contributed by atoms with van der Waals surface area (Å²) >= 11 is 0. The molecule has 0 aliphatic carbocycles. The van der Waals surface area contributed by atoms with E-state index in [-0.39, 0.29) is 36.0 Å². The number of carbonyl (C=O) groups excluding carboxylic acids is 4. The lowest BCUT2D eigenvalue weighted by Crippen LogP contribution is -2.53. The Labute approximate surface area is 211 Å². The monoisotopic (exact) mass is 489 g/mol. The third kappa shape index (κ3) is 9.42. The largest absolute Gasteiger partial charge is 0.356 e. The van der Waals surface area contributed by atoms with Gasteiger partial charge < -0.3 is 20.7 Å². The lowest BCUT2D eigenvalue weighted by atomic mass is 9.77. The number of allylic oxidation sites excluding steroid dienone is 2. The Morgan fingerprint density at radius 3 is 2.49 bits per heavy atom. The van der Waals surface area contributed by atoms with E-state index in [0.717, 1.165) is 44.8 Å². The Hall–Kier alpha value is -2.18. The highest BCUT2D eigenvalue weighted by Gasteiger charge is 2.43. The van der Waals surface area contributed by atoms with Crippen molar-refractivity contribution in [3.63, 3.8) is 0 Å². The highest BCUT2D eigenvalue weighted by molar-refractivity contribution is 5.90. The molecule has 2 aliphatic rings. The summed E-state index contributed by atoms with van der Waals surface area (Å²) in [6, 6.07) is -1.46. The van der Waals surface area contributed by atoms with Crippen molar-refractivity contribution in [2.45, 2.75) is 116 Å². The Morgan fingerprint density at radius 1 is 1.06 bits per heavy atom. The van der Waals surface area contributed by atoms with Crippen LogP contribution in [0.4, 0.5) is 0 Å². The summed E-state index contributed by atoms with van der Waals surface area (Å²) in [4.78, 5) is 51.2. The van der Waals surface area contributed by atoms with E-state index in [1.807, 2.05) is 19.9 Å². The normalized spacial score (nSPS) is 28.8. The van der Waals surface area contributed by atoms with Crippen molar-refractivity contribution in [3.05, 3.63) is 12.2 Å². The van der Waals surface area contributed by atoms with Crippen LogP contribution in [0.25, 0.3) is 0 Å². The van der Waals surface area contributed by atoms with Crippen LogP contribution in [0, 0.1) is 17.3 Å². The average molecular weight is 490 g/mol. The maximum absolute atomic E-state index is 13.3. The van der Waals surface area contributed by atoms with E-state index in [9.17, 15) is 19.2 Å². The molecule has 0 bridgehead atoms. The van der Waals surface area contributed by atoms with Crippen molar-refractivity contribution in [2.24, 2.45) is 17.3 Å². The van der Waals surface area contributed by atoms with Gasteiger partial charge in [-0.1, -0.05) is 65.0 Å². The summed E-state index contributed by atoms with van der Waals surface area (Å²) in [5.41, 5.74) is -0.687. The van der Waals surface area contributed by atoms with Crippen molar-refractivity contribution in [1.29, 1.82) is 0 Å². The van der Waals surface area contributed by atoms with E-state index < -0.39 is 17.5 Å². The number of hydrogen-bond acceptors (Lipinski definition) is 4. The number of amides is 3. The molecule has 1 fully saturated rings. The van der Waals surface area contributed by atoms with E-state index in [0.29, 0.717) is 25.8 Å². The van der Waals surface area contributed by atoms with Gasteiger partial charge in [-0.25, -0.2) is 0 Å². The second kappa shape index (κ2) is 15.0. The molecule has 0 saturated carbocycles. The Bertz CT molecular complexity index is 736. The minimum Gasteiger partial charge on any atom is -0.356 e. The van der Waals surface area contributed by atoms with Crippen LogP contribution < -0.4 is 16.0 Å². The fourth-order valence-electron chi connectivity index (χ4n) is 5.33. The molecule has 7 nitrogen and oxygen atoms in total. The van der Waals surface area contributed by atoms with Gasteiger partial charge in [0.2, 0.25) is 17.7 Å². The molecular weight excluding hydrogens is 442 g/mol. The first-order chi connectivity index (χ1) is 16.8. The highest BCUT2D eigenvalue weighted by Crippen LogP contribution is 2.36. The second-order valence-electron chi connectivity index (χ2n) is 10.9. The number of hydrogen-bond donors (Lipinski definition) is 3. The number of rotatable bonds is 9. The van der Waals surface area contributed by atoms with Gasteiger partial charge in [-0.3, -0.25) is 14.4 Å². The molecule has 4 atom stereocenters.